The van der Waals surface area contributed by atoms with Crippen LogP contribution in [0.1, 0.15) is 54.4 Å². The second-order valence-electron chi connectivity index (χ2n) is 5.38. The second-order valence-corrected chi connectivity index (χ2v) is 5.38. The van der Waals surface area contributed by atoms with E-state index in [0.717, 1.165) is 12.8 Å². The Labute approximate surface area is 98.1 Å². The van der Waals surface area contributed by atoms with Gasteiger partial charge in [0.15, 0.2) is 0 Å². The summed E-state index contributed by atoms with van der Waals surface area (Å²) in [5.41, 5.74) is 4.04. The number of carbonyl (C=O) groups is 2. The summed E-state index contributed by atoms with van der Waals surface area (Å²) in [6.07, 6.45) is 1.46. The Morgan fingerprint density at radius 1 is 0.812 bits per heavy atom. The molecule has 0 radical (unpaired) electrons. The lowest BCUT2D eigenvalue weighted by Crippen LogP contribution is -2.51. The van der Waals surface area contributed by atoms with E-state index < -0.39 is 10.8 Å². The third-order valence-corrected chi connectivity index (χ3v) is 3.29. The van der Waals surface area contributed by atoms with Gasteiger partial charge in [-0.15, -0.1) is 0 Å². The van der Waals surface area contributed by atoms with Crippen LogP contribution < -0.4 is 10.9 Å². The number of rotatable bonds is 4. The third-order valence-electron chi connectivity index (χ3n) is 3.29. The highest BCUT2D eigenvalue weighted by atomic mass is 16.2. The van der Waals surface area contributed by atoms with Crippen molar-refractivity contribution in [3.05, 3.63) is 0 Å². The lowest BCUT2D eigenvalue weighted by molar-refractivity contribution is -0.137. The van der Waals surface area contributed by atoms with Gasteiger partial charge in [-0.1, -0.05) is 41.5 Å². The van der Waals surface area contributed by atoms with Gasteiger partial charge in [0.05, 0.1) is 0 Å². The molecule has 0 aromatic carbocycles. The molecule has 2 amide bonds. The minimum absolute atomic E-state index is 0.157. The lowest BCUT2D eigenvalue weighted by Gasteiger charge is -2.25. The van der Waals surface area contributed by atoms with Gasteiger partial charge in [-0.05, 0) is 12.8 Å². The molecular weight excluding hydrogens is 204 g/mol. The fraction of sp³-hybridized carbons (Fsp3) is 0.833. The highest BCUT2D eigenvalue weighted by molar-refractivity contribution is 5.87. The Hall–Kier alpha value is -1.06. The molecular formula is C12H24N2O2. The van der Waals surface area contributed by atoms with E-state index in [0.29, 0.717) is 0 Å². The van der Waals surface area contributed by atoms with Crippen LogP contribution in [0.4, 0.5) is 0 Å². The fourth-order valence-corrected chi connectivity index (χ4v) is 0.773. The van der Waals surface area contributed by atoms with Gasteiger partial charge in [0.25, 0.3) is 0 Å². The van der Waals surface area contributed by atoms with Crippen LogP contribution in [0, 0.1) is 10.8 Å². The highest BCUT2D eigenvalue weighted by Crippen LogP contribution is 2.20. The van der Waals surface area contributed by atoms with Crippen LogP contribution in [0.3, 0.4) is 0 Å². The normalized spacial score (nSPS) is 12.1. The average Bonchev–Trinajstić information content (AvgIpc) is 2.24. The van der Waals surface area contributed by atoms with E-state index in [9.17, 15) is 9.59 Å². The molecule has 0 aromatic heterocycles. The molecule has 0 spiro atoms. The first-order valence-corrected chi connectivity index (χ1v) is 5.78. The molecule has 0 aromatic rings. The van der Waals surface area contributed by atoms with E-state index in [-0.39, 0.29) is 11.8 Å². The molecule has 0 bridgehead atoms. The van der Waals surface area contributed by atoms with Crippen LogP contribution in [0.25, 0.3) is 0 Å². The monoisotopic (exact) mass is 228 g/mol. The largest absolute Gasteiger partial charge is 0.273 e. The van der Waals surface area contributed by atoms with E-state index in [1.165, 1.54) is 0 Å². The van der Waals surface area contributed by atoms with E-state index in [1.807, 2.05) is 41.5 Å². The van der Waals surface area contributed by atoms with Crippen molar-refractivity contribution < 1.29 is 9.59 Å². The molecule has 16 heavy (non-hydrogen) atoms. The second kappa shape index (κ2) is 5.32. The van der Waals surface area contributed by atoms with E-state index in [4.69, 9.17) is 0 Å². The zero-order valence-electron chi connectivity index (χ0n) is 11.2. The van der Waals surface area contributed by atoms with Crippen molar-refractivity contribution in [3.63, 3.8) is 0 Å². The fourth-order valence-electron chi connectivity index (χ4n) is 0.773. The molecule has 0 rings (SSSR count). The SMILES string of the molecule is CCC(C)(C)C(=O)NNC(=O)C(C)(C)CC. The van der Waals surface area contributed by atoms with Crippen molar-refractivity contribution in [2.45, 2.75) is 54.4 Å². The summed E-state index contributed by atoms with van der Waals surface area (Å²) in [6.45, 7) is 11.3. The summed E-state index contributed by atoms with van der Waals surface area (Å²) < 4.78 is 0. The number of nitrogens with one attached hydrogen (secondary N) is 2. The molecule has 0 saturated heterocycles. The minimum Gasteiger partial charge on any atom is -0.273 e. The summed E-state index contributed by atoms with van der Waals surface area (Å²) in [5.74, 6) is -0.314. The Balaban J connectivity index is 4.28. The summed E-state index contributed by atoms with van der Waals surface area (Å²) in [5, 5.41) is 0. The molecule has 0 aliphatic heterocycles. The average molecular weight is 228 g/mol. The highest BCUT2D eigenvalue weighted by Gasteiger charge is 2.29. The van der Waals surface area contributed by atoms with Gasteiger partial charge < -0.3 is 0 Å². The number of carbonyl (C=O) groups excluding carboxylic acids is 2. The molecule has 0 unspecified atom stereocenters. The van der Waals surface area contributed by atoms with E-state index >= 15 is 0 Å². The smallest absolute Gasteiger partial charge is 0.244 e. The van der Waals surface area contributed by atoms with E-state index in [1.54, 1.807) is 0 Å². The van der Waals surface area contributed by atoms with Gasteiger partial charge >= 0.3 is 0 Å². The summed E-state index contributed by atoms with van der Waals surface area (Å²) in [6, 6.07) is 0. The standard InChI is InChI=1S/C12H24N2O2/c1-7-11(3,4)9(15)13-14-10(16)12(5,6)8-2/h7-8H2,1-6H3,(H,13,15)(H,14,16). The van der Waals surface area contributed by atoms with Crippen molar-refractivity contribution in [1.29, 1.82) is 0 Å². The molecule has 0 aliphatic rings. The Morgan fingerprint density at radius 3 is 1.25 bits per heavy atom. The van der Waals surface area contributed by atoms with Crippen LogP contribution in [-0.2, 0) is 9.59 Å². The minimum atomic E-state index is -0.455. The van der Waals surface area contributed by atoms with Crippen LogP contribution in [0.15, 0.2) is 0 Å². The number of hydrazine groups is 1. The van der Waals surface area contributed by atoms with Gasteiger partial charge in [0.1, 0.15) is 0 Å². The van der Waals surface area contributed by atoms with Crippen molar-refractivity contribution in [2.75, 3.05) is 0 Å². The maximum absolute atomic E-state index is 11.7. The summed E-state index contributed by atoms with van der Waals surface area (Å²) in [4.78, 5) is 23.4. The van der Waals surface area contributed by atoms with Gasteiger partial charge in [0, 0.05) is 10.8 Å². The zero-order chi connectivity index (χ0) is 13.0. The molecule has 4 heteroatoms. The first-order chi connectivity index (χ1) is 7.17. The maximum atomic E-state index is 11.7. The Kier molecular flexibility index (Phi) is 4.97. The maximum Gasteiger partial charge on any atom is 0.244 e. The molecule has 0 fully saturated rings. The number of amides is 2. The summed E-state index contributed by atoms with van der Waals surface area (Å²) >= 11 is 0. The first kappa shape index (κ1) is 14.9. The first-order valence-electron chi connectivity index (χ1n) is 5.78. The molecule has 0 heterocycles. The topological polar surface area (TPSA) is 58.2 Å². The quantitative estimate of drug-likeness (QED) is 0.723. The predicted octanol–water partition coefficient (Wildman–Crippen LogP) is 2.01. The van der Waals surface area contributed by atoms with Crippen molar-refractivity contribution in [2.24, 2.45) is 10.8 Å². The summed E-state index contributed by atoms with van der Waals surface area (Å²) in [7, 11) is 0. The van der Waals surface area contributed by atoms with Crippen molar-refractivity contribution in [1.82, 2.24) is 10.9 Å². The number of hydrogen-bond donors (Lipinski definition) is 2. The van der Waals surface area contributed by atoms with E-state index in [2.05, 4.69) is 10.9 Å². The number of hydrogen-bond acceptors (Lipinski definition) is 2. The molecule has 4 nitrogen and oxygen atoms in total. The van der Waals surface area contributed by atoms with Gasteiger partial charge in [-0.2, -0.15) is 0 Å². The van der Waals surface area contributed by atoms with Crippen LogP contribution >= 0.6 is 0 Å². The van der Waals surface area contributed by atoms with Crippen LogP contribution in [0.2, 0.25) is 0 Å². The Morgan fingerprint density at radius 2 is 1.06 bits per heavy atom. The van der Waals surface area contributed by atoms with Crippen molar-refractivity contribution >= 4 is 11.8 Å². The van der Waals surface area contributed by atoms with Crippen molar-refractivity contribution in [3.8, 4) is 0 Å². The molecule has 0 saturated carbocycles. The van der Waals surface area contributed by atoms with Crippen LogP contribution in [-0.4, -0.2) is 11.8 Å². The van der Waals surface area contributed by atoms with Gasteiger partial charge in [0.2, 0.25) is 11.8 Å². The lowest BCUT2D eigenvalue weighted by atomic mass is 9.89. The Bertz CT molecular complexity index is 242. The molecule has 2 N–H and O–H groups in total. The van der Waals surface area contributed by atoms with Gasteiger partial charge in [-0.25, -0.2) is 0 Å². The third kappa shape index (κ3) is 3.83. The van der Waals surface area contributed by atoms with Crippen LogP contribution in [0.5, 0.6) is 0 Å². The molecule has 0 aliphatic carbocycles. The predicted molar refractivity (Wildman–Crippen MR) is 64.4 cm³/mol. The van der Waals surface area contributed by atoms with Gasteiger partial charge in [-0.3, -0.25) is 20.4 Å². The molecule has 94 valence electrons. The molecule has 0 atom stereocenters. The zero-order valence-corrected chi connectivity index (χ0v) is 11.2.